The molecule has 0 radical (unpaired) electrons. The van der Waals surface area contributed by atoms with Crippen LogP contribution in [0.25, 0.3) is 11.3 Å². The van der Waals surface area contributed by atoms with E-state index >= 15 is 0 Å². The fourth-order valence-corrected chi connectivity index (χ4v) is 2.88. The zero-order chi connectivity index (χ0) is 14.1. The molecule has 20 heavy (non-hydrogen) atoms. The van der Waals surface area contributed by atoms with Crippen molar-refractivity contribution in [1.29, 1.82) is 0 Å². The molecule has 1 aromatic heterocycles. The zero-order valence-corrected chi connectivity index (χ0v) is 12.5. The van der Waals surface area contributed by atoms with Gasteiger partial charge in [0.25, 0.3) is 0 Å². The van der Waals surface area contributed by atoms with Crippen LogP contribution in [-0.4, -0.2) is 29.3 Å². The van der Waals surface area contributed by atoms with Gasteiger partial charge in [-0.2, -0.15) is 5.10 Å². The van der Waals surface area contributed by atoms with Crippen molar-refractivity contribution in [2.75, 3.05) is 18.0 Å². The molecule has 1 saturated heterocycles. The molecule has 0 bridgehead atoms. The van der Waals surface area contributed by atoms with Gasteiger partial charge in [0.1, 0.15) is 5.82 Å². The summed E-state index contributed by atoms with van der Waals surface area (Å²) < 4.78 is 13.7. The Bertz CT molecular complexity index is 613. The van der Waals surface area contributed by atoms with Gasteiger partial charge in [0.2, 0.25) is 0 Å². The lowest BCUT2D eigenvalue weighted by atomic mass is 10.1. The molecule has 1 aliphatic rings. The number of hydrogen-bond acceptors (Lipinski definition) is 3. The zero-order valence-electron chi connectivity index (χ0n) is 10.9. The van der Waals surface area contributed by atoms with Gasteiger partial charge in [-0.3, -0.25) is 5.10 Å². The normalized spacial score (nSPS) is 19.4. The summed E-state index contributed by atoms with van der Waals surface area (Å²) in [6.45, 7) is 1.81. The van der Waals surface area contributed by atoms with Crippen molar-refractivity contribution in [3.05, 3.63) is 34.6 Å². The number of benzene rings is 1. The number of aromatic amines is 1. The lowest BCUT2D eigenvalue weighted by Gasteiger charge is -2.30. The maximum atomic E-state index is 13.3. The van der Waals surface area contributed by atoms with Gasteiger partial charge in [0.15, 0.2) is 5.82 Å². The quantitative estimate of drug-likeness (QED) is 0.885. The summed E-state index contributed by atoms with van der Waals surface area (Å²) in [5, 5.41) is 7.34. The minimum Gasteiger partial charge on any atom is -0.354 e. The monoisotopic (exact) mass is 338 g/mol. The molecule has 6 heteroatoms. The highest BCUT2D eigenvalue weighted by atomic mass is 79.9. The topological polar surface area (TPSA) is 57.9 Å². The third-order valence-electron chi connectivity index (χ3n) is 3.58. The van der Waals surface area contributed by atoms with Crippen molar-refractivity contribution in [2.45, 2.75) is 18.9 Å². The van der Waals surface area contributed by atoms with Crippen LogP contribution in [0.4, 0.5) is 10.2 Å². The first-order chi connectivity index (χ1) is 9.63. The predicted octanol–water partition coefficient (Wildman–Crippen LogP) is 2.91. The Morgan fingerprint density at radius 2 is 2.25 bits per heavy atom. The van der Waals surface area contributed by atoms with Crippen molar-refractivity contribution in [2.24, 2.45) is 5.73 Å². The minimum atomic E-state index is -0.268. The van der Waals surface area contributed by atoms with E-state index in [1.54, 1.807) is 12.1 Å². The third kappa shape index (κ3) is 2.71. The van der Waals surface area contributed by atoms with E-state index in [4.69, 9.17) is 5.73 Å². The molecule has 1 aliphatic heterocycles. The fraction of sp³-hybridized carbons (Fsp3) is 0.357. The van der Waals surface area contributed by atoms with Crippen molar-refractivity contribution in [3.8, 4) is 11.3 Å². The summed E-state index contributed by atoms with van der Waals surface area (Å²) in [4.78, 5) is 2.19. The van der Waals surface area contributed by atoms with Gasteiger partial charge in [-0.05, 0) is 47.0 Å². The molecule has 3 N–H and O–H groups in total. The summed E-state index contributed by atoms with van der Waals surface area (Å²) in [6.07, 6.45) is 2.16. The van der Waals surface area contributed by atoms with E-state index in [0.29, 0.717) is 4.47 Å². The molecule has 2 heterocycles. The van der Waals surface area contributed by atoms with E-state index in [9.17, 15) is 4.39 Å². The highest BCUT2D eigenvalue weighted by Gasteiger charge is 2.19. The molecule has 0 amide bonds. The van der Waals surface area contributed by atoms with Gasteiger partial charge in [-0.25, -0.2) is 4.39 Å². The number of anilines is 1. The van der Waals surface area contributed by atoms with Crippen LogP contribution in [0, 0.1) is 5.82 Å². The number of halogens is 2. The third-order valence-corrected chi connectivity index (χ3v) is 4.18. The molecule has 2 aromatic rings. The predicted molar refractivity (Wildman–Crippen MR) is 81.1 cm³/mol. The Morgan fingerprint density at radius 1 is 1.40 bits per heavy atom. The van der Waals surface area contributed by atoms with Gasteiger partial charge in [-0.15, -0.1) is 0 Å². The lowest BCUT2D eigenvalue weighted by Crippen LogP contribution is -2.43. The maximum absolute atomic E-state index is 13.3. The fourth-order valence-electron chi connectivity index (χ4n) is 2.50. The van der Waals surface area contributed by atoms with Crippen LogP contribution in [0.1, 0.15) is 12.8 Å². The van der Waals surface area contributed by atoms with E-state index in [1.165, 1.54) is 6.07 Å². The molecular formula is C14H16BrFN4. The number of piperidine rings is 1. The second kappa shape index (κ2) is 5.54. The Balaban J connectivity index is 1.84. The second-order valence-electron chi connectivity index (χ2n) is 5.12. The highest BCUT2D eigenvalue weighted by molar-refractivity contribution is 9.10. The van der Waals surface area contributed by atoms with E-state index in [-0.39, 0.29) is 11.9 Å². The summed E-state index contributed by atoms with van der Waals surface area (Å²) >= 11 is 3.20. The van der Waals surface area contributed by atoms with E-state index < -0.39 is 0 Å². The molecule has 0 saturated carbocycles. The van der Waals surface area contributed by atoms with Crippen LogP contribution < -0.4 is 10.6 Å². The minimum absolute atomic E-state index is 0.212. The van der Waals surface area contributed by atoms with Gasteiger partial charge < -0.3 is 10.6 Å². The van der Waals surface area contributed by atoms with Crippen LogP contribution in [0.15, 0.2) is 28.7 Å². The largest absolute Gasteiger partial charge is 0.354 e. The highest BCUT2D eigenvalue weighted by Crippen LogP contribution is 2.27. The molecule has 3 rings (SSSR count). The number of nitrogens with zero attached hydrogens (tertiary/aromatic N) is 2. The average molecular weight is 339 g/mol. The van der Waals surface area contributed by atoms with Gasteiger partial charge in [0, 0.05) is 30.8 Å². The Morgan fingerprint density at radius 3 is 3.00 bits per heavy atom. The Hall–Kier alpha value is -1.40. The van der Waals surface area contributed by atoms with Crippen LogP contribution in [0.3, 0.4) is 0 Å². The van der Waals surface area contributed by atoms with Crippen molar-refractivity contribution in [1.82, 2.24) is 10.2 Å². The first kappa shape index (κ1) is 13.6. The molecule has 0 aliphatic carbocycles. The van der Waals surface area contributed by atoms with E-state index in [2.05, 4.69) is 31.0 Å². The number of H-pyrrole nitrogens is 1. The summed E-state index contributed by atoms with van der Waals surface area (Å²) in [5.74, 6) is 0.631. The first-order valence-corrected chi connectivity index (χ1v) is 7.44. The molecule has 1 atom stereocenters. The Kier molecular flexibility index (Phi) is 3.76. The molecule has 1 unspecified atom stereocenters. The number of aromatic nitrogens is 2. The number of nitrogens with one attached hydrogen (secondary N) is 1. The van der Waals surface area contributed by atoms with Crippen LogP contribution in [0.5, 0.6) is 0 Å². The number of hydrogen-bond donors (Lipinski definition) is 2. The van der Waals surface area contributed by atoms with Gasteiger partial charge in [-0.1, -0.05) is 0 Å². The molecule has 1 aromatic carbocycles. The second-order valence-corrected chi connectivity index (χ2v) is 5.97. The van der Waals surface area contributed by atoms with Crippen LogP contribution in [-0.2, 0) is 0 Å². The van der Waals surface area contributed by atoms with Gasteiger partial charge in [0.05, 0.1) is 10.2 Å². The van der Waals surface area contributed by atoms with Crippen molar-refractivity contribution in [3.63, 3.8) is 0 Å². The molecular weight excluding hydrogens is 323 g/mol. The summed E-state index contributed by atoms with van der Waals surface area (Å²) in [7, 11) is 0. The number of nitrogens with two attached hydrogens (primary N) is 1. The maximum Gasteiger partial charge on any atom is 0.151 e. The van der Waals surface area contributed by atoms with Crippen LogP contribution >= 0.6 is 15.9 Å². The smallest absolute Gasteiger partial charge is 0.151 e. The summed E-state index contributed by atoms with van der Waals surface area (Å²) in [6, 6.07) is 7.12. The molecule has 0 spiro atoms. The summed E-state index contributed by atoms with van der Waals surface area (Å²) in [5.41, 5.74) is 7.77. The van der Waals surface area contributed by atoms with Crippen molar-refractivity contribution >= 4 is 21.7 Å². The SMILES string of the molecule is NC1CCCN(c2cc(-c3ccc(F)c(Br)c3)[nH]n2)C1. The molecule has 1 fully saturated rings. The Labute approximate surface area is 125 Å². The standard InChI is InChI=1S/C14H16BrFN4/c15-11-6-9(3-4-12(11)16)13-7-14(19-18-13)20-5-1-2-10(17)8-20/h3-4,6-7,10H,1-2,5,8,17H2,(H,18,19). The van der Waals surface area contributed by atoms with E-state index in [1.807, 2.05) is 6.07 Å². The number of rotatable bonds is 2. The van der Waals surface area contributed by atoms with Gasteiger partial charge >= 0.3 is 0 Å². The molecule has 4 nitrogen and oxygen atoms in total. The van der Waals surface area contributed by atoms with Crippen LogP contribution in [0.2, 0.25) is 0 Å². The first-order valence-electron chi connectivity index (χ1n) is 6.65. The molecule has 106 valence electrons. The van der Waals surface area contributed by atoms with Crippen molar-refractivity contribution < 1.29 is 4.39 Å². The average Bonchev–Trinajstić information content (AvgIpc) is 2.92. The van der Waals surface area contributed by atoms with E-state index in [0.717, 1.165) is 43.0 Å². The lowest BCUT2D eigenvalue weighted by molar-refractivity contribution is 0.503.